The number of hydrogen-bond donors (Lipinski definition) is 0. The Morgan fingerprint density at radius 3 is 2.24 bits per heavy atom. The van der Waals surface area contributed by atoms with Crippen molar-refractivity contribution in [2.45, 2.75) is 19.8 Å². The molecule has 0 N–H and O–H groups in total. The molecule has 5 nitrogen and oxygen atoms in total. The Bertz CT molecular complexity index is 976. The molecule has 0 aliphatic carbocycles. The van der Waals surface area contributed by atoms with Gasteiger partial charge in [-0.15, -0.1) is 0 Å². The summed E-state index contributed by atoms with van der Waals surface area (Å²) in [6.45, 7) is 3.57. The second-order valence-electron chi connectivity index (χ2n) is 7.52. The molecule has 1 saturated heterocycles. The summed E-state index contributed by atoms with van der Waals surface area (Å²) in [5.41, 5.74) is 1.27. The molecule has 2 aromatic carbocycles. The Hall–Kier alpha value is -3.15. The maximum absolute atomic E-state index is 14.4. The fourth-order valence-corrected chi connectivity index (χ4v) is 3.91. The van der Waals surface area contributed by atoms with Gasteiger partial charge in [-0.3, -0.25) is 9.59 Å². The SMILES string of the molecule is COc1ccc(C2=C(N3CCC(C)CC3)C(=O)N(c3ccccc3F)C2=O)cc1. The molecule has 1 fully saturated rings. The number of methoxy groups -OCH3 is 1. The van der Waals surface area contributed by atoms with Crippen LogP contribution in [0.2, 0.25) is 0 Å². The van der Waals surface area contributed by atoms with Crippen molar-refractivity contribution in [3.63, 3.8) is 0 Å². The number of carbonyl (C=O) groups excluding carboxylic acids is 2. The van der Waals surface area contributed by atoms with E-state index in [0.29, 0.717) is 41.6 Å². The highest BCUT2D eigenvalue weighted by Gasteiger charge is 2.43. The minimum atomic E-state index is -0.600. The third-order valence-electron chi connectivity index (χ3n) is 5.63. The average Bonchev–Trinajstić information content (AvgIpc) is 2.99. The Labute approximate surface area is 169 Å². The number of anilines is 1. The molecular formula is C23H23FN2O3. The van der Waals surface area contributed by atoms with Crippen LogP contribution in [-0.4, -0.2) is 36.9 Å². The third-order valence-corrected chi connectivity index (χ3v) is 5.63. The Morgan fingerprint density at radius 2 is 1.62 bits per heavy atom. The molecule has 0 bridgehead atoms. The van der Waals surface area contributed by atoms with Gasteiger partial charge in [0, 0.05) is 13.1 Å². The van der Waals surface area contributed by atoms with Gasteiger partial charge >= 0.3 is 0 Å². The van der Waals surface area contributed by atoms with Crippen molar-refractivity contribution >= 4 is 23.1 Å². The van der Waals surface area contributed by atoms with Crippen molar-refractivity contribution in [1.29, 1.82) is 0 Å². The number of likely N-dealkylation sites (tertiary alicyclic amines) is 1. The summed E-state index contributed by atoms with van der Waals surface area (Å²) in [6, 6.07) is 12.9. The zero-order chi connectivity index (χ0) is 20.5. The van der Waals surface area contributed by atoms with Crippen LogP contribution in [0.15, 0.2) is 54.2 Å². The van der Waals surface area contributed by atoms with Crippen molar-refractivity contribution in [1.82, 2.24) is 4.90 Å². The summed E-state index contributed by atoms with van der Waals surface area (Å²) in [5.74, 6) is -0.340. The lowest BCUT2D eigenvalue weighted by Gasteiger charge is -2.32. The molecule has 0 aromatic heterocycles. The van der Waals surface area contributed by atoms with Crippen LogP contribution in [0.3, 0.4) is 0 Å². The standard InChI is InChI=1S/C23H23FN2O3/c1-15-11-13-25(14-12-15)21-20(16-7-9-17(29-2)10-8-16)22(27)26(23(21)28)19-6-4-3-5-18(19)24/h3-10,15H,11-14H2,1-2H3. The van der Waals surface area contributed by atoms with Crippen molar-refractivity contribution in [2.75, 3.05) is 25.1 Å². The fourth-order valence-electron chi connectivity index (χ4n) is 3.91. The monoisotopic (exact) mass is 394 g/mol. The fraction of sp³-hybridized carbons (Fsp3) is 0.304. The van der Waals surface area contributed by atoms with Crippen LogP contribution in [0.5, 0.6) is 5.75 Å². The van der Waals surface area contributed by atoms with Crippen LogP contribution in [0, 0.1) is 11.7 Å². The molecule has 4 rings (SSSR count). The summed E-state index contributed by atoms with van der Waals surface area (Å²) in [5, 5.41) is 0. The lowest BCUT2D eigenvalue weighted by molar-refractivity contribution is -0.120. The summed E-state index contributed by atoms with van der Waals surface area (Å²) in [4.78, 5) is 29.7. The quantitative estimate of drug-likeness (QED) is 0.739. The Morgan fingerprint density at radius 1 is 0.966 bits per heavy atom. The number of halogens is 1. The molecular weight excluding hydrogens is 371 g/mol. The first-order chi connectivity index (χ1) is 14.0. The topological polar surface area (TPSA) is 49.9 Å². The van der Waals surface area contributed by atoms with E-state index < -0.39 is 17.6 Å². The smallest absolute Gasteiger partial charge is 0.282 e. The first kappa shape index (κ1) is 19.2. The molecule has 6 heteroatoms. The molecule has 2 aliphatic rings. The van der Waals surface area contributed by atoms with E-state index in [1.807, 2.05) is 4.90 Å². The maximum Gasteiger partial charge on any atom is 0.282 e. The molecule has 29 heavy (non-hydrogen) atoms. The van der Waals surface area contributed by atoms with Gasteiger partial charge in [0.25, 0.3) is 11.8 Å². The lowest BCUT2D eigenvalue weighted by atomic mass is 9.97. The third kappa shape index (κ3) is 3.39. The van der Waals surface area contributed by atoms with E-state index in [4.69, 9.17) is 4.74 Å². The van der Waals surface area contributed by atoms with Gasteiger partial charge in [0.05, 0.1) is 18.4 Å². The molecule has 2 aliphatic heterocycles. The number of para-hydroxylation sites is 1. The first-order valence-electron chi connectivity index (χ1n) is 9.78. The van der Waals surface area contributed by atoms with Crippen molar-refractivity contribution < 1.29 is 18.7 Å². The summed E-state index contributed by atoms with van der Waals surface area (Å²) < 4.78 is 19.6. The van der Waals surface area contributed by atoms with E-state index in [1.165, 1.54) is 18.2 Å². The highest BCUT2D eigenvalue weighted by molar-refractivity contribution is 6.45. The number of amides is 2. The zero-order valence-electron chi connectivity index (χ0n) is 16.5. The number of nitrogens with zero attached hydrogens (tertiary/aromatic N) is 2. The first-order valence-corrected chi connectivity index (χ1v) is 9.78. The number of rotatable bonds is 4. The predicted octanol–water partition coefficient (Wildman–Crippen LogP) is 3.85. The number of ether oxygens (including phenoxy) is 1. The minimum absolute atomic E-state index is 0.0195. The molecule has 0 atom stereocenters. The second kappa shape index (κ2) is 7.70. The van der Waals surface area contributed by atoms with Gasteiger partial charge < -0.3 is 9.64 Å². The van der Waals surface area contributed by atoms with Gasteiger partial charge in [0.2, 0.25) is 0 Å². The minimum Gasteiger partial charge on any atom is -0.497 e. The lowest BCUT2D eigenvalue weighted by Crippen LogP contribution is -2.38. The van der Waals surface area contributed by atoms with Crippen LogP contribution < -0.4 is 9.64 Å². The van der Waals surface area contributed by atoms with Crippen LogP contribution in [-0.2, 0) is 9.59 Å². The number of hydrogen-bond acceptors (Lipinski definition) is 4. The molecule has 2 amide bonds. The van der Waals surface area contributed by atoms with Gasteiger partial charge in [-0.05, 0) is 48.6 Å². The van der Waals surface area contributed by atoms with E-state index >= 15 is 0 Å². The van der Waals surface area contributed by atoms with Crippen LogP contribution >= 0.6 is 0 Å². The number of piperidine rings is 1. The highest BCUT2D eigenvalue weighted by atomic mass is 19.1. The molecule has 150 valence electrons. The number of benzene rings is 2. The van der Waals surface area contributed by atoms with Crippen molar-refractivity contribution in [3.05, 3.63) is 65.6 Å². The van der Waals surface area contributed by atoms with E-state index in [-0.39, 0.29) is 5.69 Å². The molecule has 0 saturated carbocycles. The van der Waals surface area contributed by atoms with E-state index in [0.717, 1.165) is 17.7 Å². The highest BCUT2D eigenvalue weighted by Crippen LogP contribution is 2.37. The van der Waals surface area contributed by atoms with E-state index in [9.17, 15) is 14.0 Å². The zero-order valence-corrected chi connectivity index (χ0v) is 16.5. The van der Waals surface area contributed by atoms with Gasteiger partial charge in [0.1, 0.15) is 17.3 Å². The maximum atomic E-state index is 14.4. The molecule has 0 unspecified atom stereocenters. The number of carbonyl (C=O) groups is 2. The van der Waals surface area contributed by atoms with E-state index in [2.05, 4.69) is 6.92 Å². The summed E-state index contributed by atoms with van der Waals surface area (Å²) >= 11 is 0. The van der Waals surface area contributed by atoms with Crippen LogP contribution in [0.4, 0.5) is 10.1 Å². The van der Waals surface area contributed by atoms with Gasteiger partial charge in [0.15, 0.2) is 0 Å². The van der Waals surface area contributed by atoms with Crippen LogP contribution in [0.25, 0.3) is 5.57 Å². The Balaban J connectivity index is 1.81. The van der Waals surface area contributed by atoms with Crippen LogP contribution in [0.1, 0.15) is 25.3 Å². The summed E-state index contributed by atoms with van der Waals surface area (Å²) in [7, 11) is 1.57. The predicted molar refractivity (Wildman–Crippen MR) is 109 cm³/mol. The molecule has 0 spiro atoms. The van der Waals surface area contributed by atoms with Gasteiger partial charge in [-0.25, -0.2) is 9.29 Å². The molecule has 0 radical (unpaired) electrons. The number of imide groups is 1. The molecule has 2 heterocycles. The second-order valence-corrected chi connectivity index (χ2v) is 7.52. The average molecular weight is 394 g/mol. The van der Waals surface area contributed by atoms with E-state index in [1.54, 1.807) is 37.4 Å². The molecule has 2 aromatic rings. The largest absolute Gasteiger partial charge is 0.497 e. The summed E-state index contributed by atoms with van der Waals surface area (Å²) in [6.07, 6.45) is 1.89. The van der Waals surface area contributed by atoms with Gasteiger partial charge in [-0.2, -0.15) is 0 Å². The van der Waals surface area contributed by atoms with Gasteiger partial charge in [-0.1, -0.05) is 31.2 Å². The van der Waals surface area contributed by atoms with Crippen molar-refractivity contribution in [2.24, 2.45) is 5.92 Å². The Kier molecular flexibility index (Phi) is 5.09. The van der Waals surface area contributed by atoms with Crippen molar-refractivity contribution in [3.8, 4) is 5.75 Å². The normalized spacial score (nSPS) is 18.0.